The van der Waals surface area contributed by atoms with E-state index in [1.807, 2.05) is 36.2 Å². The summed E-state index contributed by atoms with van der Waals surface area (Å²) < 4.78 is 7.14. The summed E-state index contributed by atoms with van der Waals surface area (Å²) in [4.78, 5) is 16.9. The lowest BCUT2D eigenvalue weighted by molar-refractivity contribution is 0.0130. The van der Waals surface area contributed by atoms with Gasteiger partial charge in [0, 0.05) is 29.9 Å². The molecule has 6 heteroatoms. The molecule has 1 N–H and O–H groups in total. The van der Waals surface area contributed by atoms with Gasteiger partial charge in [-0.05, 0) is 89.3 Å². The molecule has 1 fully saturated rings. The van der Waals surface area contributed by atoms with Gasteiger partial charge in [0.25, 0.3) is 0 Å². The first-order valence-electron chi connectivity index (χ1n) is 12.6. The second-order valence-electron chi connectivity index (χ2n) is 9.27. The lowest BCUT2D eigenvalue weighted by Gasteiger charge is -2.34. The van der Waals surface area contributed by atoms with Gasteiger partial charge in [0.2, 0.25) is 0 Å². The van der Waals surface area contributed by atoms with Gasteiger partial charge >= 0.3 is 6.03 Å². The molecule has 1 aromatic rings. The lowest BCUT2D eigenvalue weighted by atomic mass is 9.92. The van der Waals surface area contributed by atoms with E-state index in [9.17, 15) is 4.79 Å². The highest BCUT2D eigenvalue weighted by atomic mass is 79.9. The first-order valence-corrected chi connectivity index (χ1v) is 13.4. The number of halogens is 1. The van der Waals surface area contributed by atoms with Gasteiger partial charge in [0.05, 0.1) is 6.10 Å². The summed E-state index contributed by atoms with van der Waals surface area (Å²) in [5, 5.41) is 2.99. The van der Waals surface area contributed by atoms with Crippen molar-refractivity contribution in [3.8, 4) is 0 Å². The van der Waals surface area contributed by atoms with Crippen LogP contribution in [0.4, 0.5) is 10.5 Å². The van der Waals surface area contributed by atoms with E-state index in [1.165, 1.54) is 51.6 Å². The Balaban J connectivity index is 1.50. The summed E-state index contributed by atoms with van der Waals surface area (Å²) in [5.74, 6) is 0. The number of nitrogens with zero attached hydrogens (tertiary/aromatic N) is 2. The van der Waals surface area contributed by atoms with Gasteiger partial charge in [-0.15, -0.1) is 0 Å². The summed E-state index contributed by atoms with van der Waals surface area (Å²) in [7, 11) is 4.15. The number of hydrogen-bond donors (Lipinski definition) is 1. The van der Waals surface area contributed by atoms with Crippen LogP contribution in [0.25, 0.3) is 0 Å². The minimum atomic E-state index is -0.0345. The molecule has 0 unspecified atom stereocenters. The Bertz CT molecular complexity index is 632. The molecule has 0 saturated heterocycles. The minimum absolute atomic E-state index is 0.0345. The van der Waals surface area contributed by atoms with Crippen LogP contribution in [-0.2, 0) is 4.74 Å². The van der Waals surface area contributed by atoms with Crippen molar-refractivity contribution in [2.24, 2.45) is 0 Å². The van der Waals surface area contributed by atoms with E-state index >= 15 is 0 Å². The van der Waals surface area contributed by atoms with Crippen LogP contribution in [0.15, 0.2) is 28.7 Å². The van der Waals surface area contributed by atoms with E-state index in [0.717, 1.165) is 48.9 Å². The Kier molecular flexibility index (Phi) is 13.3. The summed E-state index contributed by atoms with van der Waals surface area (Å²) >= 11 is 3.42. The highest BCUT2D eigenvalue weighted by Gasteiger charge is 2.27. The molecule has 32 heavy (non-hydrogen) atoms. The Hall–Kier alpha value is -1.11. The number of rotatable bonds is 14. The molecule has 0 radical (unpaired) electrons. The predicted molar refractivity (Wildman–Crippen MR) is 138 cm³/mol. The first-order chi connectivity index (χ1) is 15.5. The third-order valence-electron chi connectivity index (χ3n) is 6.54. The maximum atomic E-state index is 12.6. The number of carbonyl (C=O) groups is 1. The molecule has 0 aromatic heterocycles. The average Bonchev–Trinajstić information content (AvgIpc) is 2.80. The highest BCUT2D eigenvalue weighted by molar-refractivity contribution is 9.10. The molecule has 2 amide bonds. The molecular formula is C26H44BrN3O2. The molecule has 0 atom stereocenters. The molecule has 1 aliphatic rings. The molecule has 1 aromatic carbocycles. The number of amides is 2. The number of ether oxygens (including phenoxy) is 1. The van der Waals surface area contributed by atoms with Crippen LogP contribution in [0.3, 0.4) is 0 Å². The van der Waals surface area contributed by atoms with Gasteiger partial charge in [-0.2, -0.15) is 0 Å². The molecule has 0 bridgehead atoms. The molecule has 1 aliphatic carbocycles. The van der Waals surface area contributed by atoms with Crippen molar-refractivity contribution in [2.45, 2.75) is 89.7 Å². The average molecular weight is 511 g/mol. The fourth-order valence-corrected chi connectivity index (χ4v) is 4.61. The van der Waals surface area contributed by atoms with Gasteiger partial charge in [0.1, 0.15) is 0 Å². The van der Waals surface area contributed by atoms with Crippen molar-refractivity contribution < 1.29 is 9.53 Å². The summed E-state index contributed by atoms with van der Waals surface area (Å²) in [6.45, 7) is 5.59. The van der Waals surface area contributed by atoms with Crippen molar-refractivity contribution in [3.63, 3.8) is 0 Å². The summed E-state index contributed by atoms with van der Waals surface area (Å²) in [6.07, 6.45) is 13.5. The third-order valence-corrected chi connectivity index (χ3v) is 7.07. The highest BCUT2D eigenvalue weighted by Crippen LogP contribution is 2.25. The van der Waals surface area contributed by atoms with E-state index in [2.05, 4.69) is 40.1 Å². The van der Waals surface area contributed by atoms with Crippen molar-refractivity contribution in [1.82, 2.24) is 9.80 Å². The number of urea groups is 1. The monoisotopic (exact) mass is 509 g/mol. The van der Waals surface area contributed by atoms with Crippen molar-refractivity contribution in [2.75, 3.05) is 39.1 Å². The van der Waals surface area contributed by atoms with Crippen LogP contribution in [0.2, 0.25) is 0 Å². The number of nitrogens with one attached hydrogen (secondary N) is 1. The molecule has 182 valence electrons. The molecule has 0 aliphatic heterocycles. The van der Waals surface area contributed by atoms with Gasteiger partial charge in [-0.1, -0.05) is 48.5 Å². The van der Waals surface area contributed by atoms with Gasteiger partial charge in [-0.3, -0.25) is 0 Å². The smallest absolute Gasteiger partial charge is 0.321 e. The largest absolute Gasteiger partial charge is 0.378 e. The first kappa shape index (κ1) is 27.1. The molecule has 5 nitrogen and oxygen atoms in total. The van der Waals surface area contributed by atoms with Crippen LogP contribution >= 0.6 is 15.9 Å². The maximum absolute atomic E-state index is 12.6. The number of benzene rings is 1. The van der Waals surface area contributed by atoms with Crippen molar-refractivity contribution >= 4 is 27.6 Å². The zero-order chi connectivity index (χ0) is 23.2. The SMILES string of the molecule is CCCCCN(C)CCCCCCO[C@H]1CC[C@H](N(C)C(=O)Nc2ccc(Br)cc2)CC1. The molecule has 1 saturated carbocycles. The van der Waals surface area contributed by atoms with Gasteiger partial charge in [0.15, 0.2) is 0 Å². The van der Waals surface area contributed by atoms with Crippen LogP contribution in [0, 0.1) is 0 Å². The number of unbranched alkanes of at least 4 members (excludes halogenated alkanes) is 5. The van der Waals surface area contributed by atoms with E-state index in [0.29, 0.717) is 12.1 Å². The molecular weight excluding hydrogens is 466 g/mol. The Morgan fingerprint density at radius 2 is 1.59 bits per heavy atom. The molecule has 2 rings (SSSR count). The third kappa shape index (κ3) is 10.7. The second kappa shape index (κ2) is 15.7. The summed E-state index contributed by atoms with van der Waals surface area (Å²) in [5.41, 5.74) is 0.824. The van der Waals surface area contributed by atoms with Crippen LogP contribution in [-0.4, -0.2) is 61.8 Å². The van der Waals surface area contributed by atoms with E-state index in [4.69, 9.17) is 4.74 Å². The number of carbonyl (C=O) groups excluding carboxylic acids is 1. The standard InChI is InChI=1S/C26H44BrN3O2/c1-4-5-8-19-29(2)20-9-6-7-10-21-32-25-17-15-24(16-18-25)30(3)26(31)28-23-13-11-22(27)12-14-23/h11-14,24-25H,4-10,15-21H2,1-3H3,(H,28,31)/t24-,25-. The maximum Gasteiger partial charge on any atom is 0.321 e. The Morgan fingerprint density at radius 1 is 0.969 bits per heavy atom. The van der Waals surface area contributed by atoms with E-state index < -0.39 is 0 Å². The second-order valence-corrected chi connectivity index (χ2v) is 10.2. The zero-order valence-corrected chi connectivity index (χ0v) is 22.0. The summed E-state index contributed by atoms with van der Waals surface area (Å²) in [6, 6.07) is 7.95. The van der Waals surface area contributed by atoms with Crippen LogP contribution in [0.1, 0.15) is 77.6 Å². The Labute approximate surface area is 204 Å². The van der Waals surface area contributed by atoms with Crippen molar-refractivity contribution in [1.29, 1.82) is 0 Å². The van der Waals surface area contributed by atoms with Gasteiger partial charge in [-0.25, -0.2) is 4.79 Å². The quantitative estimate of drug-likeness (QED) is 0.276. The predicted octanol–water partition coefficient (Wildman–Crippen LogP) is 6.92. The topological polar surface area (TPSA) is 44.8 Å². The zero-order valence-electron chi connectivity index (χ0n) is 20.5. The van der Waals surface area contributed by atoms with Gasteiger partial charge < -0.3 is 19.9 Å². The lowest BCUT2D eigenvalue weighted by Crippen LogP contribution is -2.42. The normalized spacial score (nSPS) is 18.7. The van der Waals surface area contributed by atoms with E-state index in [1.54, 1.807) is 0 Å². The van der Waals surface area contributed by atoms with Crippen LogP contribution < -0.4 is 5.32 Å². The molecule has 0 spiro atoms. The Morgan fingerprint density at radius 3 is 2.25 bits per heavy atom. The fraction of sp³-hybridized carbons (Fsp3) is 0.731. The fourth-order valence-electron chi connectivity index (χ4n) is 4.34. The van der Waals surface area contributed by atoms with E-state index in [-0.39, 0.29) is 6.03 Å². The van der Waals surface area contributed by atoms with Crippen LogP contribution in [0.5, 0.6) is 0 Å². The minimum Gasteiger partial charge on any atom is -0.378 e. The van der Waals surface area contributed by atoms with Crippen molar-refractivity contribution in [3.05, 3.63) is 28.7 Å². The molecule has 0 heterocycles. The number of hydrogen-bond acceptors (Lipinski definition) is 3. The number of anilines is 1.